The van der Waals surface area contributed by atoms with Gasteiger partial charge in [0.2, 0.25) is 12.1 Å². The van der Waals surface area contributed by atoms with Crippen LogP contribution in [0.15, 0.2) is 11.8 Å². The summed E-state index contributed by atoms with van der Waals surface area (Å²) in [5.41, 5.74) is 0.817. The molecule has 0 aromatic rings. The Bertz CT molecular complexity index is 434. The van der Waals surface area contributed by atoms with Crippen LogP contribution < -0.4 is 0 Å². The van der Waals surface area contributed by atoms with Gasteiger partial charge in [-0.3, -0.25) is 0 Å². The Morgan fingerprint density at radius 2 is 2.05 bits per heavy atom. The number of ether oxygens (including phenoxy) is 2. The second-order valence-electron chi connectivity index (χ2n) is 6.85. The maximum absolute atomic E-state index is 6.11. The van der Waals surface area contributed by atoms with Gasteiger partial charge >= 0.3 is 0 Å². The molecule has 0 unspecified atom stereocenters. The summed E-state index contributed by atoms with van der Waals surface area (Å²) in [6.45, 7) is 6.40. The highest BCUT2D eigenvalue weighted by molar-refractivity contribution is 5.19. The van der Waals surface area contributed by atoms with E-state index in [1.807, 2.05) is 13.2 Å². The minimum absolute atomic E-state index is 0.324. The molecular formula is C15H22O4. The Labute approximate surface area is 114 Å². The lowest BCUT2D eigenvalue weighted by Gasteiger charge is -2.56. The molecule has 1 spiro atoms. The molecule has 5 rings (SSSR count). The third kappa shape index (κ3) is 1.45. The maximum Gasteiger partial charge on any atom is 0.235 e. The number of hydrogen-bond acceptors (Lipinski definition) is 4. The number of fused-ring (bicyclic) bond motifs is 2. The largest absolute Gasteiger partial charge is 0.469 e. The first-order valence-corrected chi connectivity index (χ1v) is 7.42. The third-order valence-corrected chi connectivity index (χ3v) is 5.65. The highest BCUT2D eigenvalue weighted by Gasteiger charge is 2.67. The van der Waals surface area contributed by atoms with Gasteiger partial charge in [-0.1, -0.05) is 6.92 Å². The van der Waals surface area contributed by atoms with Gasteiger partial charge in [0.25, 0.3) is 0 Å². The van der Waals surface area contributed by atoms with Crippen LogP contribution in [0.1, 0.15) is 46.5 Å². The lowest BCUT2D eigenvalue weighted by molar-refractivity contribution is -0.555. The van der Waals surface area contributed by atoms with Crippen LogP contribution in [0.2, 0.25) is 0 Å². The highest BCUT2D eigenvalue weighted by atomic mass is 17.3. The molecule has 19 heavy (non-hydrogen) atoms. The standard InChI is InChI=1S/C15H22O4/c1-9-4-5-11-10(2)8-16-13-15(11)12(9)6-7-14(3,17-13)18-19-15/h8-9,11-13H,4-7H2,1-3H3/t9-,11+,12+,13-,14-,15+/m1/s1. The summed E-state index contributed by atoms with van der Waals surface area (Å²) in [4.78, 5) is 11.7. The minimum Gasteiger partial charge on any atom is -0.469 e. The summed E-state index contributed by atoms with van der Waals surface area (Å²) in [7, 11) is 0. The van der Waals surface area contributed by atoms with E-state index >= 15 is 0 Å². The van der Waals surface area contributed by atoms with Crippen LogP contribution in [0.4, 0.5) is 0 Å². The summed E-state index contributed by atoms with van der Waals surface area (Å²) < 4.78 is 12.0. The quantitative estimate of drug-likeness (QED) is 0.631. The Hall–Kier alpha value is -0.580. The summed E-state index contributed by atoms with van der Waals surface area (Å²) >= 11 is 0. The lowest BCUT2D eigenvalue weighted by Crippen LogP contribution is -2.66. The molecule has 6 atom stereocenters. The molecule has 4 aliphatic heterocycles. The zero-order chi connectivity index (χ0) is 13.3. The highest BCUT2D eigenvalue weighted by Crippen LogP contribution is 2.59. The van der Waals surface area contributed by atoms with Crippen LogP contribution in [-0.2, 0) is 19.2 Å². The molecule has 0 aromatic carbocycles. The van der Waals surface area contributed by atoms with Crippen LogP contribution in [0.25, 0.3) is 0 Å². The van der Waals surface area contributed by atoms with Gasteiger partial charge in [-0.2, -0.15) is 0 Å². The smallest absolute Gasteiger partial charge is 0.235 e. The van der Waals surface area contributed by atoms with E-state index in [0.29, 0.717) is 17.8 Å². The number of rotatable bonds is 0. The molecule has 5 aliphatic rings. The van der Waals surface area contributed by atoms with E-state index in [-0.39, 0.29) is 6.29 Å². The zero-order valence-electron chi connectivity index (χ0n) is 11.8. The molecule has 0 amide bonds. The van der Waals surface area contributed by atoms with Crippen molar-refractivity contribution in [1.29, 1.82) is 0 Å². The fraction of sp³-hybridized carbons (Fsp3) is 0.867. The molecule has 1 saturated carbocycles. The predicted molar refractivity (Wildman–Crippen MR) is 67.6 cm³/mol. The van der Waals surface area contributed by atoms with E-state index < -0.39 is 11.4 Å². The van der Waals surface area contributed by atoms with Crippen LogP contribution in [-0.4, -0.2) is 17.7 Å². The molecule has 3 saturated heterocycles. The monoisotopic (exact) mass is 266 g/mol. The van der Waals surface area contributed by atoms with E-state index in [1.165, 1.54) is 12.0 Å². The Morgan fingerprint density at radius 1 is 1.21 bits per heavy atom. The van der Waals surface area contributed by atoms with E-state index in [1.54, 1.807) is 0 Å². The van der Waals surface area contributed by atoms with Crippen molar-refractivity contribution in [2.24, 2.45) is 17.8 Å². The van der Waals surface area contributed by atoms with E-state index in [9.17, 15) is 0 Å². The topological polar surface area (TPSA) is 36.9 Å². The fourth-order valence-corrected chi connectivity index (χ4v) is 4.55. The van der Waals surface area contributed by atoms with Gasteiger partial charge in [-0.05, 0) is 44.6 Å². The van der Waals surface area contributed by atoms with Crippen molar-refractivity contribution in [3.05, 3.63) is 11.8 Å². The van der Waals surface area contributed by atoms with Crippen LogP contribution in [0.5, 0.6) is 0 Å². The van der Waals surface area contributed by atoms with Gasteiger partial charge in [-0.15, -0.1) is 0 Å². The van der Waals surface area contributed by atoms with Gasteiger partial charge in [0, 0.05) is 18.3 Å². The Balaban J connectivity index is 1.85. The Kier molecular flexibility index (Phi) is 2.40. The van der Waals surface area contributed by atoms with Crippen molar-refractivity contribution < 1.29 is 19.2 Å². The normalized spacial score (nSPS) is 55.8. The summed E-state index contributed by atoms with van der Waals surface area (Å²) in [6.07, 6.45) is 5.87. The van der Waals surface area contributed by atoms with Crippen molar-refractivity contribution in [2.45, 2.75) is 64.1 Å². The van der Waals surface area contributed by atoms with Gasteiger partial charge in [0.05, 0.1) is 6.26 Å². The molecule has 106 valence electrons. The molecule has 1 aliphatic carbocycles. The maximum atomic E-state index is 6.11. The van der Waals surface area contributed by atoms with Crippen molar-refractivity contribution in [2.75, 3.05) is 0 Å². The van der Waals surface area contributed by atoms with Gasteiger partial charge < -0.3 is 9.47 Å². The molecule has 4 fully saturated rings. The van der Waals surface area contributed by atoms with E-state index in [0.717, 1.165) is 19.3 Å². The zero-order valence-corrected chi connectivity index (χ0v) is 11.8. The molecule has 0 N–H and O–H groups in total. The average molecular weight is 266 g/mol. The molecule has 0 aromatic heterocycles. The van der Waals surface area contributed by atoms with E-state index in [4.69, 9.17) is 19.2 Å². The lowest BCUT2D eigenvalue weighted by atomic mass is 9.60. The predicted octanol–water partition coefficient (Wildman–Crippen LogP) is 3.14. The first-order chi connectivity index (χ1) is 9.05. The molecule has 4 heterocycles. The molecule has 0 radical (unpaired) electrons. The summed E-state index contributed by atoms with van der Waals surface area (Å²) in [6, 6.07) is 0. The van der Waals surface area contributed by atoms with E-state index in [2.05, 4.69) is 13.8 Å². The molecule has 2 bridgehead atoms. The SMILES string of the molecule is CC1=CO[C@@H]2O[C@@]3(C)CC[C@H]4[C@H](C)CC[C@@H]1[C@@]24OO3. The second kappa shape index (κ2) is 3.74. The van der Waals surface area contributed by atoms with Crippen LogP contribution >= 0.6 is 0 Å². The van der Waals surface area contributed by atoms with Crippen molar-refractivity contribution in [3.63, 3.8) is 0 Å². The first kappa shape index (κ1) is 12.2. The van der Waals surface area contributed by atoms with Crippen LogP contribution in [0.3, 0.4) is 0 Å². The first-order valence-electron chi connectivity index (χ1n) is 7.42. The van der Waals surface area contributed by atoms with Crippen molar-refractivity contribution in [1.82, 2.24) is 0 Å². The second-order valence-corrected chi connectivity index (χ2v) is 6.85. The molecular weight excluding hydrogens is 244 g/mol. The van der Waals surface area contributed by atoms with Gasteiger partial charge in [-0.25, -0.2) is 9.78 Å². The average Bonchev–Trinajstić information content (AvgIpc) is 2.61. The minimum atomic E-state index is -0.656. The summed E-state index contributed by atoms with van der Waals surface area (Å²) in [5.74, 6) is 0.775. The molecule has 4 heteroatoms. The Morgan fingerprint density at radius 3 is 2.89 bits per heavy atom. The molecule has 4 nitrogen and oxygen atoms in total. The van der Waals surface area contributed by atoms with Crippen molar-refractivity contribution >= 4 is 0 Å². The number of hydrogen-bond donors (Lipinski definition) is 0. The van der Waals surface area contributed by atoms with Crippen LogP contribution in [0, 0.1) is 17.8 Å². The summed E-state index contributed by atoms with van der Waals surface area (Å²) in [5, 5.41) is 0. The van der Waals surface area contributed by atoms with Gasteiger partial charge in [0.1, 0.15) is 0 Å². The fourth-order valence-electron chi connectivity index (χ4n) is 4.55. The van der Waals surface area contributed by atoms with Gasteiger partial charge in [0.15, 0.2) is 5.60 Å². The third-order valence-electron chi connectivity index (χ3n) is 5.65. The van der Waals surface area contributed by atoms with Crippen molar-refractivity contribution in [3.8, 4) is 0 Å².